The first-order chi connectivity index (χ1) is 6.45. The van der Waals surface area contributed by atoms with Crippen molar-refractivity contribution in [3.63, 3.8) is 0 Å². The molecular weight excluding hydrogens is 182 g/mol. The van der Waals surface area contributed by atoms with Gasteiger partial charge in [0.2, 0.25) is 5.91 Å². The van der Waals surface area contributed by atoms with Crippen molar-refractivity contribution in [2.75, 3.05) is 0 Å². The Hall–Kier alpha value is -1.06. The van der Waals surface area contributed by atoms with Crippen molar-refractivity contribution in [3.05, 3.63) is 0 Å². The van der Waals surface area contributed by atoms with Gasteiger partial charge in [-0.1, -0.05) is 20.3 Å². The summed E-state index contributed by atoms with van der Waals surface area (Å²) in [5.74, 6) is -0.596. The van der Waals surface area contributed by atoms with Crippen molar-refractivity contribution in [2.24, 2.45) is 5.92 Å². The van der Waals surface area contributed by atoms with Crippen LogP contribution in [-0.4, -0.2) is 23.0 Å². The number of rotatable bonds is 6. The molecule has 0 aliphatic carbocycles. The number of carbonyl (C=O) groups excluding carboxylic acids is 1. The van der Waals surface area contributed by atoms with Crippen LogP contribution in [0.2, 0.25) is 0 Å². The lowest BCUT2D eigenvalue weighted by atomic mass is 10.0. The van der Waals surface area contributed by atoms with Gasteiger partial charge in [-0.2, -0.15) is 0 Å². The van der Waals surface area contributed by atoms with E-state index in [2.05, 4.69) is 5.32 Å². The van der Waals surface area contributed by atoms with Crippen LogP contribution in [0.3, 0.4) is 0 Å². The Morgan fingerprint density at radius 3 is 2.29 bits per heavy atom. The number of amides is 1. The standard InChI is InChI=1S/C10H19NO3/c1-4-7(2)5-9(12)11-8(3)6-10(13)14/h7-8H,4-6H2,1-3H3,(H,11,12)(H,13,14). The average molecular weight is 201 g/mol. The molecular formula is C10H19NO3. The minimum atomic E-state index is -0.888. The quantitative estimate of drug-likeness (QED) is 0.682. The smallest absolute Gasteiger partial charge is 0.305 e. The van der Waals surface area contributed by atoms with Crippen molar-refractivity contribution >= 4 is 11.9 Å². The van der Waals surface area contributed by atoms with E-state index in [0.717, 1.165) is 6.42 Å². The molecule has 0 spiro atoms. The zero-order valence-corrected chi connectivity index (χ0v) is 9.04. The zero-order valence-electron chi connectivity index (χ0n) is 9.04. The fraction of sp³-hybridized carbons (Fsp3) is 0.800. The number of carboxylic acid groups (broad SMARTS) is 1. The molecule has 4 heteroatoms. The summed E-state index contributed by atoms with van der Waals surface area (Å²) < 4.78 is 0. The monoisotopic (exact) mass is 201 g/mol. The predicted molar refractivity (Wildman–Crippen MR) is 53.9 cm³/mol. The van der Waals surface area contributed by atoms with Crippen LogP contribution in [0.25, 0.3) is 0 Å². The van der Waals surface area contributed by atoms with Crippen molar-refractivity contribution in [3.8, 4) is 0 Å². The van der Waals surface area contributed by atoms with Crippen LogP contribution in [0, 0.1) is 5.92 Å². The molecule has 0 heterocycles. The Morgan fingerprint density at radius 1 is 1.29 bits per heavy atom. The van der Waals surface area contributed by atoms with E-state index in [-0.39, 0.29) is 18.4 Å². The van der Waals surface area contributed by atoms with Gasteiger partial charge in [0.1, 0.15) is 0 Å². The Kier molecular flexibility index (Phi) is 5.92. The van der Waals surface area contributed by atoms with Crippen LogP contribution in [-0.2, 0) is 9.59 Å². The van der Waals surface area contributed by atoms with Crippen LogP contribution in [0.4, 0.5) is 0 Å². The highest BCUT2D eigenvalue weighted by molar-refractivity contribution is 5.77. The van der Waals surface area contributed by atoms with E-state index >= 15 is 0 Å². The molecule has 0 radical (unpaired) electrons. The van der Waals surface area contributed by atoms with Gasteiger partial charge >= 0.3 is 5.97 Å². The maximum absolute atomic E-state index is 11.3. The summed E-state index contributed by atoms with van der Waals surface area (Å²) in [6.45, 7) is 5.72. The number of aliphatic carboxylic acids is 1. The van der Waals surface area contributed by atoms with Crippen molar-refractivity contribution in [1.82, 2.24) is 5.32 Å². The molecule has 2 unspecified atom stereocenters. The fourth-order valence-corrected chi connectivity index (χ4v) is 1.11. The number of carboxylic acids is 1. The molecule has 0 aliphatic heterocycles. The van der Waals surface area contributed by atoms with Crippen LogP contribution >= 0.6 is 0 Å². The number of carbonyl (C=O) groups is 2. The zero-order chi connectivity index (χ0) is 11.1. The molecule has 0 aromatic carbocycles. The van der Waals surface area contributed by atoms with Gasteiger partial charge in [-0.05, 0) is 12.8 Å². The normalized spacial score (nSPS) is 14.5. The molecule has 0 aromatic rings. The van der Waals surface area contributed by atoms with Gasteiger partial charge in [0.25, 0.3) is 0 Å². The highest BCUT2D eigenvalue weighted by Gasteiger charge is 2.12. The molecule has 0 saturated carbocycles. The van der Waals surface area contributed by atoms with Crippen molar-refractivity contribution < 1.29 is 14.7 Å². The SMILES string of the molecule is CCC(C)CC(=O)NC(C)CC(=O)O. The van der Waals surface area contributed by atoms with E-state index in [1.807, 2.05) is 13.8 Å². The molecule has 82 valence electrons. The van der Waals surface area contributed by atoms with E-state index in [4.69, 9.17) is 5.11 Å². The summed E-state index contributed by atoms with van der Waals surface area (Å²) in [6, 6.07) is -0.288. The lowest BCUT2D eigenvalue weighted by Crippen LogP contribution is -2.34. The van der Waals surface area contributed by atoms with Gasteiger partial charge in [0.15, 0.2) is 0 Å². The van der Waals surface area contributed by atoms with Crippen LogP contribution in [0.15, 0.2) is 0 Å². The molecule has 0 aliphatic rings. The van der Waals surface area contributed by atoms with Gasteiger partial charge in [0, 0.05) is 12.5 Å². The fourth-order valence-electron chi connectivity index (χ4n) is 1.11. The summed E-state index contributed by atoms with van der Waals surface area (Å²) in [7, 11) is 0. The minimum absolute atomic E-state index is 0.0216. The first-order valence-corrected chi connectivity index (χ1v) is 4.96. The van der Waals surface area contributed by atoms with E-state index in [1.54, 1.807) is 6.92 Å². The third-order valence-electron chi connectivity index (χ3n) is 2.12. The molecule has 0 aromatic heterocycles. The topological polar surface area (TPSA) is 66.4 Å². The van der Waals surface area contributed by atoms with Crippen LogP contribution in [0.1, 0.15) is 40.0 Å². The number of hydrogen-bond donors (Lipinski definition) is 2. The average Bonchev–Trinajstić information content (AvgIpc) is 2.01. The number of hydrogen-bond acceptors (Lipinski definition) is 2. The van der Waals surface area contributed by atoms with E-state index in [0.29, 0.717) is 12.3 Å². The molecule has 0 saturated heterocycles. The Labute approximate surface area is 84.7 Å². The molecule has 14 heavy (non-hydrogen) atoms. The Morgan fingerprint density at radius 2 is 1.86 bits per heavy atom. The second-order valence-corrected chi connectivity index (χ2v) is 3.78. The van der Waals surface area contributed by atoms with Gasteiger partial charge in [0.05, 0.1) is 6.42 Å². The highest BCUT2D eigenvalue weighted by atomic mass is 16.4. The number of nitrogens with one attached hydrogen (secondary N) is 1. The molecule has 0 rings (SSSR count). The first-order valence-electron chi connectivity index (χ1n) is 4.96. The molecule has 2 N–H and O–H groups in total. The first kappa shape index (κ1) is 12.9. The van der Waals surface area contributed by atoms with E-state index in [9.17, 15) is 9.59 Å². The van der Waals surface area contributed by atoms with Gasteiger partial charge in [-0.25, -0.2) is 0 Å². The van der Waals surface area contributed by atoms with E-state index < -0.39 is 5.97 Å². The van der Waals surface area contributed by atoms with Crippen LogP contribution in [0.5, 0.6) is 0 Å². The Bertz CT molecular complexity index is 204. The molecule has 0 bridgehead atoms. The summed E-state index contributed by atoms with van der Waals surface area (Å²) >= 11 is 0. The highest BCUT2D eigenvalue weighted by Crippen LogP contribution is 2.06. The third kappa shape index (κ3) is 6.46. The van der Waals surface area contributed by atoms with Gasteiger partial charge in [-0.15, -0.1) is 0 Å². The molecule has 0 fully saturated rings. The van der Waals surface area contributed by atoms with Crippen molar-refractivity contribution in [1.29, 1.82) is 0 Å². The largest absolute Gasteiger partial charge is 0.481 e. The maximum Gasteiger partial charge on any atom is 0.305 e. The lowest BCUT2D eigenvalue weighted by Gasteiger charge is -2.13. The molecule has 1 amide bonds. The second-order valence-electron chi connectivity index (χ2n) is 3.78. The van der Waals surface area contributed by atoms with Gasteiger partial charge in [-0.3, -0.25) is 9.59 Å². The molecule has 2 atom stereocenters. The predicted octanol–water partition coefficient (Wildman–Crippen LogP) is 1.40. The Balaban J connectivity index is 3.76. The summed E-state index contributed by atoms with van der Waals surface area (Å²) in [4.78, 5) is 21.6. The lowest BCUT2D eigenvalue weighted by molar-refractivity contribution is -0.137. The summed E-state index contributed by atoms with van der Waals surface area (Å²) in [5.41, 5.74) is 0. The maximum atomic E-state index is 11.3. The van der Waals surface area contributed by atoms with Crippen molar-refractivity contribution in [2.45, 2.75) is 46.1 Å². The second kappa shape index (κ2) is 6.40. The summed E-state index contributed by atoms with van der Waals surface area (Å²) in [6.07, 6.45) is 1.41. The van der Waals surface area contributed by atoms with E-state index in [1.165, 1.54) is 0 Å². The molecule has 4 nitrogen and oxygen atoms in total. The third-order valence-corrected chi connectivity index (χ3v) is 2.12. The van der Waals surface area contributed by atoms with Crippen LogP contribution < -0.4 is 5.32 Å². The minimum Gasteiger partial charge on any atom is -0.481 e. The van der Waals surface area contributed by atoms with Gasteiger partial charge < -0.3 is 10.4 Å². The summed E-state index contributed by atoms with van der Waals surface area (Å²) in [5, 5.41) is 11.1.